The Labute approximate surface area is 118 Å². The zero-order valence-corrected chi connectivity index (χ0v) is 11.9. The van der Waals surface area contributed by atoms with Crippen LogP contribution in [0.3, 0.4) is 0 Å². The van der Waals surface area contributed by atoms with Gasteiger partial charge in [-0.15, -0.1) is 0 Å². The fourth-order valence-electron chi connectivity index (χ4n) is 2.07. The van der Waals surface area contributed by atoms with E-state index in [2.05, 4.69) is 9.97 Å². The van der Waals surface area contributed by atoms with Gasteiger partial charge < -0.3 is 19.8 Å². The zero-order chi connectivity index (χ0) is 14.5. The van der Waals surface area contributed by atoms with Crippen LogP contribution in [0.5, 0.6) is 0 Å². The van der Waals surface area contributed by atoms with Crippen molar-refractivity contribution >= 4 is 6.03 Å². The number of carbonyl (C=O) groups excluding carboxylic acids is 1. The maximum absolute atomic E-state index is 11.5. The molecule has 0 aromatic carbocycles. The maximum Gasteiger partial charge on any atom is 0.314 e. The Morgan fingerprint density at radius 3 is 1.85 bits per heavy atom. The van der Waals surface area contributed by atoms with Crippen LogP contribution in [0, 0.1) is 13.8 Å². The number of amides is 2. The van der Waals surface area contributed by atoms with E-state index in [0.29, 0.717) is 26.2 Å². The topological polar surface area (TPSA) is 82.0 Å². The van der Waals surface area contributed by atoms with Crippen LogP contribution < -0.4 is 5.73 Å². The van der Waals surface area contributed by atoms with Crippen molar-refractivity contribution in [3.05, 3.63) is 36.4 Å². The number of hydrogen-bond donors (Lipinski definition) is 1. The molecule has 0 bridgehead atoms. The van der Waals surface area contributed by atoms with Gasteiger partial charge in [0.2, 0.25) is 0 Å². The van der Waals surface area contributed by atoms with Crippen molar-refractivity contribution in [3.8, 4) is 0 Å². The second kappa shape index (κ2) is 6.23. The van der Waals surface area contributed by atoms with Crippen molar-refractivity contribution < 1.29 is 4.79 Å². The molecule has 108 valence electrons. The molecule has 2 rings (SSSR count). The zero-order valence-electron chi connectivity index (χ0n) is 11.9. The van der Waals surface area contributed by atoms with Crippen LogP contribution in [0.25, 0.3) is 0 Å². The highest BCUT2D eigenvalue weighted by Gasteiger charge is 2.10. The second-order valence-corrected chi connectivity index (χ2v) is 4.66. The van der Waals surface area contributed by atoms with Gasteiger partial charge in [0, 0.05) is 51.0 Å². The lowest BCUT2D eigenvalue weighted by molar-refractivity contribution is 0.202. The third kappa shape index (κ3) is 3.37. The normalized spacial score (nSPS) is 10.7. The van der Waals surface area contributed by atoms with Crippen LogP contribution in [-0.2, 0) is 13.1 Å². The van der Waals surface area contributed by atoms with E-state index in [0.717, 1.165) is 11.6 Å². The lowest BCUT2D eigenvalue weighted by Gasteiger charge is -2.21. The van der Waals surface area contributed by atoms with Crippen molar-refractivity contribution in [1.82, 2.24) is 24.0 Å². The van der Waals surface area contributed by atoms with Crippen LogP contribution in [-0.4, -0.2) is 43.1 Å². The number of aryl methyl sites for hydroxylation is 2. The van der Waals surface area contributed by atoms with Crippen LogP contribution >= 0.6 is 0 Å². The number of hydrogen-bond acceptors (Lipinski definition) is 3. The maximum atomic E-state index is 11.5. The summed E-state index contributed by atoms with van der Waals surface area (Å²) in [6, 6.07) is -0.402. The van der Waals surface area contributed by atoms with Gasteiger partial charge in [0.05, 0.1) is 0 Å². The Kier molecular flexibility index (Phi) is 4.39. The molecule has 0 fully saturated rings. The summed E-state index contributed by atoms with van der Waals surface area (Å²) in [4.78, 5) is 21.4. The third-order valence-electron chi connectivity index (χ3n) is 3.38. The third-order valence-corrected chi connectivity index (χ3v) is 3.38. The van der Waals surface area contributed by atoms with Crippen molar-refractivity contribution in [2.45, 2.75) is 26.9 Å². The molecule has 0 aliphatic heterocycles. The van der Waals surface area contributed by atoms with Gasteiger partial charge in [-0.2, -0.15) is 0 Å². The van der Waals surface area contributed by atoms with Crippen molar-refractivity contribution in [3.63, 3.8) is 0 Å². The molecule has 2 aromatic heterocycles. The number of aromatic nitrogens is 4. The van der Waals surface area contributed by atoms with E-state index in [-0.39, 0.29) is 0 Å². The van der Waals surface area contributed by atoms with E-state index < -0.39 is 6.03 Å². The molecule has 0 saturated heterocycles. The fourth-order valence-corrected chi connectivity index (χ4v) is 2.07. The summed E-state index contributed by atoms with van der Waals surface area (Å²) in [5.41, 5.74) is 5.43. The van der Waals surface area contributed by atoms with E-state index in [1.54, 1.807) is 17.3 Å². The molecule has 2 heterocycles. The number of imidazole rings is 2. The molecular weight excluding hydrogens is 256 g/mol. The average Bonchev–Trinajstić information content (AvgIpc) is 2.98. The highest BCUT2D eigenvalue weighted by Crippen LogP contribution is 2.00. The predicted molar refractivity (Wildman–Crippen MR) is 75.1 cm³/mol. The Bertz CT molecular complexity index is 529. The van der Waals surface area contributed by atoms with Gasteiger partial charge in [-0.1, -0.05) is 0 Å². The lowest BCUT2D eigenvalue weighted by atomic mass is 10.4. The number of primary amides is 1. The second-order valence-electron chi connectivity index (χ2n) is 4.66. The molecule has 0 atom stereocenters. The number of carbonyl (C=O) groups is 1. The van der Waals surface area contributed by atoms with Crippen LogP contribution in [0.2, 0.25) is 0 Å². The molecular formula is C13H20N6O. The molecule has 2 N–H and O–H groups in total. The first kappa shape index (κ1) is 14.1. The highest BCUT2D eigenvalue weighted by atomic mass is 16.2. The van der Waals surface area contributed by atoms with Crippen molar-refractivity contribution in [1.29, 1.82) is 0 Å². The number of urea groups is 1. The summed E-state index contributed by atoms with van der Waals surface area (Å²) >= 11 is 0. The first-order valence-electron chi connectivity index (χ1n) is 6.58. The molecule has 20 heavy (non-hydrogen) atoms. The molecule has 0 radical (unpaired) electrons. The van der Waals surface area contributed by atoms with E-state index in [9.17, 15) is 4.79 Å². The van der Waals surface area contributed by atoms with Gasteiger partial charge in [-0.05, 0) is 13.8 Å². The summed E-state index contributed by atoms with van der Waals surface area (Å²) in [6.45, 7) is 6.39. The van der Waals surface area contributed by atoms with E-state index in [1.807, 2.05) is 35.4 Å². The van der Waals surface area contributed by atoms with Gasteiger partial charge in [0.25, 0.3) is 0 Å². The summed E-state index contributed by atoms with van der Waals surface area (Å²) in [5.74, 6) is 1.86. The Morgan fingerprint density at radius 1 is 1.10 bits per heavy atom. The number of nitrogens with zero attached hydrogens (tertiary/aromatic N) is 5. The van der Waals surface area contributed by atoms with Gasteiger partial charge in [0.15, 0.2) is 0 Å². The minimum Gasteiger partial charge on any atom is -0.351 e. The number of rotatable bonds is 6. The van der Waals surface area contributed by atoms with E-state index in [1.165, 1.54) is 0 Å². The molecule has 0 aliphatic carbocycles. The molecule has 0 unspecified atom stereocenters. The summed E-state index contributed by atoms with van der Waals surface area (Å²) in [5, 5.41) is 0. The van der Waals surface area contributed by atoms with Gasteiger partial charge in [-0.25, -0.2) is 14.8 Å². The minimum absolute atomic E-state index is 0.402. The fraction of sp³-hybridized carbons (Fsp3) is 0.462. The summed E-state index contributed by atoms with van der Waals surface area (Å²) in [6.07, 6.45) is 7.29. The van der Waals surface area contributed by atoms with Gasteiger partial charge in [-0.3, -0.25) is 0 Å². The smallest absolute Gasteiger partial charge is 0.314 e. The van der Waals surface area contributed by atoms with Crippen LogP contribution in [0.1, 0.15) is 11.6 Å². The standard InChI is InChI=1S/C13H20N6O/c1-11-15-3-5-17(11)7-9-19(13(14)20)10-8-18-6-4-16-12(18)2/h3-6H,7-10H2,1-2H3,(H2,14,20). The summed E-state index contributed by atoms with van der Waals surface area (Å²) in [7, 11) is 0. The van der Waals surface area contributed by atoms with Crippen molar-refractivity contribution in [2.24, 2.45) is 5.73 Å². The molecule has 0 spiro atoms. The van der Waals surface area contributed by atoms with E-state index in [4.69, 9.17) is 5.73 Å². The Balaban J connectivity index is 1.89. The average molecular weight is 276 g/mol. The Hall–Kier alpha value is -2.31. The lowest BCUT2D eigenvalue weighted by Crippen LogP contribution is -2.40. The molecule has 2 amide bonds. The quantitative estimate of drug-likeness (QED) is 0.846. The van der Waals surface area contributed by atoms with Gasteiger partial charge in [0.1, 0.15) is 11.6 Å². The molecule has 2 aromatic rings. The summed E-state index contributed by atoms with van der Waals surface area (Å²) < 4.78 is 4.00. The monoisotopic (exact) mass is 276 g/mol. The number of nitrogens with two attached hydrogens (primary N) is 1. The minimum atomic E-state index is -0.402. The molecule has 7 heteroatoms. The van der Waals surface area contributed by atoms with Crippen LogP contribution in [0.4, 0.5) is 4.79 Å². The van der Waals surface area contributed by atoms with Crippen molar-refractivity contribution in [2.75, 3.05) is 13.1 Å². The predicted octanol–water partition coefficient (Wildman–Crippen LogP) is 0.777. The molecule has 7 nitrogen and oxygen atoms in total. The molecule has 0 saturated carbocycles. The molecule has 0 aliphatic rings. The Morgan fingerprint density at radius 2 is 1.55 bits per heavy atom. The van der Waals surface area contributed by atoms with Gasteiger partial charge >= 0.3 is 6.03 Å². The SMILES string of the molecule is Cc1nccn1CCN(CCn1ccnc1C)C(N)=O. The van der Waals surface area contributed by atoms with E-state index >= 15 is 0 Å². The van der Waals surface area contributed by atoms with Crippen LogP contribution in [0.15, 0.2) is 24.8 Å². The first-order chi connectivity index (χ1) is 9.58. The first-order valence-corrected chi connectivity index (χ1v) is 6.58. The largest absolute Gasteiger partial charge is 0.351 e. The highest BCUT2D eigenvalue weighted by molar-refractivity contribution is 5.71.